The predicted molar refractivity (Wildman–Crippen MR) is 57.9 cm³/mol. The third kappa shape index (κ3) is 2.81. The zero-order chi connectivity index (χ0) is 11.4. The highest BCUT2D eigenvalue weighted by molar-refractivity contribution is 5.66. The SMILES string of the molecule is CCCc1c(C)nc(CCC(=O)O)n1C. The Bertz CT molecular complexity index is 356. The normalized spacial score (nSPS) is 10.6. The molecule has 1 heterocycles. The number of hydrogen-bond acceptors (Lipinski definition) is 2. The summed E-state index contributed by atoms with van der Waals surface area (Å²) in [6.45, 7) is 4.11. The topological polar surface area (TPSA) is 55.1 Å². The van der Waals surface area contributed by atoms with Gasteiger partial charge in [-0.25, -0.2) is 4.98 Å². The van der Waals surface area contributed by atoms with Gasteiger partial charge in [0.2, 0.25) is 0 Å². The van der Waals surface area contributed by atoms with Gasteiger partial charge in [0.25, 0.3) is 0 Å². The lowest BCUT2D eigenvalue weighted by Gasteiger charge is -2.04. The van der Waals surface area contributed by atoms with E-state index >= 15 is 0 Å². The van der Waals surface area contributed by atoms with Gasteiger partial charge in [-0.1, -0.05) is 13.3 Å². The third-order valence-corrected chi connectivity index (χ3v) is 2.56. The number of aliphatic carboxylic acids is 1. The molecule has 4 nitrogen and oxygen atoms in total. The van der Waals surface area contributed by atoms with E-state index in [-0.39, 0.29) is 6.42 Å². The summed E-state index contributed by atoms with van der Waals surface area (Å²) in [5, 5.41) is 8.61. The molecule has 4 heteroatoms. The van der Waals surface area contributed by atoms with Crippen LogP contribution >= 0.6 is 0 Å². The molecule has 1 aromatic heterocycles. The first-order chi connectivity index (χ1) is 7.06. The first-order valence-corrected chi connectivity index (χ1v) is 5.29. The van der Waals surface area contributed by atoms with Crippen LogP contribution in [0, 0.1) is 6.92 Å². The monoisotopic (exact) mass is 210 g/mol. The Labute approximate surface area is 89.9 Å². The minimum atomic E-state index is -0.771. The lowest BCUT2D eigenvalue weighted by molar-refractivity contribution is -0.137. The van der Waals surface area contributed by atoms with E-state index in [4.69, 9.17) is 5.11 Å². The van der Waals surface area contributed by atoms with Crippen molar-refractivity contribution in [3.63, 3.8) is 0 Å². The number of rotatable bonds is 5. The summed E-state index contributed by atoms with van der Waals surface area (Å²) in [5.41, 5.74) is 2.25. The van der Waals surface area contributed by atoms with Gasteiger partial charge >= 0.3 is 5.97 Å². The van der Waals surface area contributed by atoms with E-state index in [1.54, 1.807) is 0 Å². The van der Waals surface area contributed by atoms with Crippen LogP contribution in [0.2, 0.25) is 0 Å². The van der Waals surface area contributed by atoms with Crippen LogP contribution in [0.25, 0.3) is 0 Å². The van der Waals surface area contributed by atoms with Crippen molar-refractivity contribution in [1.82, 2.24) is 9.55 Å². The van der Waals surface area contributed by atoms with Crippen LogP contribution in [-0.4, -0.2) is 20.6 Å². The van der Waals surface area contributed by atoms with Crippen molar-refractivity contribution < 1.29 is 9.90 Å². The maximum absolute atomic E-state index is 10.5. The highest BCUT2D eigenvalue weighted by Crippen LogP contribution is 2.13. The van der Waals surface area contributed by atoms with E-state index in [2.05, 4.69) is 11.9 Å². The Morgan fingerprint density at radius 1 is 1.47 bits per heavy atom. The number of nitrogens with zero attached hydrogens (tertiary/aromatic N) is 2. The predicted octanol–water partition coefficient (Wildman–Crippen LogP) is 1.70. The van der Waals surface area contributed by atoms with Crippen LogP contribution in [-0.2, 0) is 24.7 Å². The number of imidazole rings is 1. The molecule has 1 N–H and O–H groups in total. The molecule has 0 saturated heterocycles. The van der Waals surface area contributed by atoms with Crippen LogP contribution < -0.4 is 0 Å². The van der Waals surface area contributed by atoms with Crippen molar-refractivity contribution in [3.05, 3.63) is 17.2 Å². The van der Waals surface area contributed by atoms with Gasteiger partial charge in [-0.05, 0) is 13.3 Å². The average Bonchev–Trinajstić information content (AvgIpc) is 2.43. The van der Waals surface area contributed by atoms with E-state index in [0.29, 0.717) is 6.42 Å². The van der Waals surface area contributed by atoms with Crippen LogP contribution in [0.15, 0.2) is 0 Å². The Hall–Kier alpha value is -1.32. The molecule has 84 valence electrons. The molecule has 0 aliphatic rings. The lowest BCUT2D eigenvalue weighted by Crippen LogP contribution is -2.05. The maximum Gasteiger partial charge on any atom is 0.303 e. The molecule has 0 saturated carbocycles. The number of hydrogen-bond donors (Lipinski definition) is 1. The first-order valence-electron chi connectivity index (χ1n) is 5.29. The lowest BCUT2D eigenvalue weighted by atomic mass is 10.2. The Kier molecular flexibility index (Phi) is 3.88. The Morgan fingerprint density at radius 2 is 2.13 bits per heavy atom. The van der Waals surface area contributed by atoms with Gasteiger partial charge in [0, 0.05) is 19.2 Å². The number of carboxylic acid groups (broad SMARTS) is 1. The second kappa shape index (κ2) is 4.96. The number of aromatic nitrogens is 2. The second-order valence-corrected chi connectivity index (χ2v) is 3.76. The van der Waals surface area contributed by atoms with E-state index in [1.807, 2.05) is 18.5 Å². The van der Waals surface area contributed by atoms with Gasteiger partial charge in [-0.2, -0.15) is 0 Å². The van der Waals surface area contributed by atoms with Gasteiger partial charge in [0.1, 0.15) is 5.82 Å². The average molecular weight is 210 g/mol. The van der Waals surface area contributed by atoms with E-state index in [1.165, 1.54) is 5.69 Å². The van der Waals surface area contributed by atoms with Crippen molar-refractivity contribution in [2.24, 2.45) is 7.05 Å². The summed E-state index contributed by atoms with van der Waals surface area (Å²) in [6.07, 6.45) is 2.74. The molecule has 0 aliphatic heterocycles. The van der Waals surface area contributed by atoms with Crippen molar-refractivity contribution in [2.75, 3.05) is 0 Å². The van der Waals surface area contributed by atoms with Crippen LogP contribution in [0.1, 0.15) is 37.0 Å². The van der Waals surface area contributed by atoms with E-state index < -0.39 is 5.97 Å². The minimum Gasteiger partial charge on any atom is -0.481 e. The summed E-state index contributed by atoms with van der Waals surface area (Å²) in [7, 11) is 1.96. The summed E-state index contributed by atoms with van der Waals surface area (Å²) in [5.74, 6) is 0.103. The molecule has 0 bridgehead atoms. The first kappa shape index (κ1) is 11.8. The van der Waals surface area contributed by atoms with Crippen molar-refractivity contribution >= 4 is 5.97 Å². The fourth-order valence-electron chi connectivity index (χ4n) is 1.76. The van der Waals surface area contributed by atoms with E-state index in [0.717, 1.165) is 24.4 Å². The second-order valence-electron chi connectivity index (χ2n) is 3.76. The van der Waals surface area contributed by atoms with E-state index in [9.17, 15) is 4.79 Å². The van der Waals surface area contributed by atoms with Gasteiger partial charge in [-0.3, -0.25) is 4.79 Å². The molecule has 0 atom stereocenters. The highest BCUT2D eigenvalue weighted by Gasteiger charge is 2.11. The quantitative estimate of drug-likeness (QED) is 0.804. The summed E-state index contributed by atoms with van der Waals surface area (Å²) >= 11 is 0. The van der Waals surface area contributed by atoms with Crippen LogP contribution in [0.5, 0.6) is 0 Å². The summed E-state index contributed by atoms with van der Waals surface area (Å²) in [6, 6.07) is 0. The summed E-state index contributed by atoms with van der Waals surface area (Å²) in [4.78, 5) is 14.9. The zero-order valence-corrected chi connectivity index (χ0v) is 9.58. The number of aryl methyl sites for hydroxylation is 2. The van der Waals surface area contributed by atoms with Gasteiger partial charge in [-0.15, -0.1) is 0 Å². The van der Waals surface area contributed by atoms with Crippen molar-refractivity contribution in [2.45, 2.75) is 39.5 Å². The molecule has 0 amide bonds. The standard InChI is InChI=1S/C11H18N2O2/c1-4-5-9-8(2)12-10(13(9)3)6-7-11(14)15/h4-7H2,1-3H3,(H,14,15). The molecule has 15 heavy (non-hydrogen) atoms. The molecule has 1 aromatic rings. The van der Waals surface area contributed by atoms with Crippen molar-refractivity contribution in [3.8, 4) is 0 Å². The number of carboxylic acids is 1. The van der Waals surface area contributed by atoms with Crippen molar-refractivity contribution in [1.29, 1.82) is 0 Å². The molecular weight excluding hydrogens is 192 g/mol. The van der Waals surface area contributed by atoms with Gasteiger partial charge in [0.15, 0.2) is 0 Å². The highest BCUT2D eigenvalue weighted by atomic mass is 16.4. The smallest absolute Gasteiger partial charge is 0.303 e. The Balaban J connectivity index is 2.81. The molecule has 0 aliphatic carbocycles. The largest absolute Gasteiger partial charge is 0.481 e. The molecular formula is C11H18N2O2. The molecule has 0 radical (unpaired) electrons. The Morgan fingerprint density at radius 3 is 2.67 bits per heavy atom. The minimum absolute atomic E-state index is 0.149. The molecule has 0 aromatic carbocycles. The zero-order valence-electron chi connectivity index (χ0n) is 9.58. The summed E-state index contributed by atoms with van der Waals surface area (Å²) < 4.78 is 2.03. The fourth-order valence-corrected chi connectivity index (χ4v) is 1.76. The molecule has 0 spiro atoms. The third-order valence-electron chi connectivity index (χ3n) is 2.56. The van der Waals surface area contributed by atoms with Gasteiger partial charge in [0.05, 0.1) is 12.1 Å². The molecule has 1 rings (SSSR count). The maximum atomic E-state index is 10.5. The van der Waals surface area contributed by atoms with Gasteiger partial charge < -0.3 is 9.67 Å². The molecule has 0 unspecified atom stereocenters. The fraction of sp³-hybridized carbons (Fsp3) is 0.636. The number of carbonyl (C=O) groups is 1. The van der Waals surface area contributed by atoms with Crippen LogP contribution in [0.4, 0.5) is 0 Å². The van der Waals surface area contributed by atoms with Crippen LogP contribution in [0.3, 0.4) is 0 Å². The molecule has 0 fully saturated rings.